The number of nitrogens with zero attached hydrogens (tertiary/aromatic N) is 2. The maximum absolute atomic E-state index is 12.2. The third kappa shape index (κ3) is 5.59. The number of hydrogen-bond acceptors (Lipinski definition) is 4. The SMILES string of the molecule is COC(=O)CCN(C)CC(=O)N1CC(C)CC(C)C1. The van der Waals surface area contributed by atoms with E-state index in [9.17, 15) is 9.59 Å². The fourth-order valence-electron chi connectivity index (χ4n) is 2.66. The minimum absolute atomic E-state index is 0.158. The lowest BCUT2D eigenvalue weighted by molar-refractivity contribution is -0.141. The summed E-state index contributed by atoms with van der Waals surface area (Å²) >= 11 is 0. The summed E-state index contributed by atoms with van der Waals surface area (Å²) in [6.45, 7) is 7.02. The zero-order chi connectivity index (χ0) is 14.4. The van der Waals surface area contributed by atoms with Crippen LogP contribution in [0.1, 0.15) is 26.7 Å². The van der Waals surface area contributed by atoms with Crippen LogP contribution in [0.2, 0.25) is 0 Å². The fourth-order valence-corrected chi connectivity index (χ4v) is 2.66. The third-order valence-corrected chi connectivity index (χ3v) is 3.55. The van der Waals surface area contributed by atoms with Crippen molar-refractivity contribution in [1.29, 1.82) is 0 Å². The molecule has 1 aliphatic rings. The standard InChI is InChI=1S/C14H26N2O3/c1-11-7-12(2)9-16(8-11)13(17)10-15(3)6-5-14(18)19-4/h11-12H,5-10H2,1-4H3. The number of likely N-dealkylation sites (N-methyl/N-ethyl adjacent to an activating group) is 1. The van der Waals surface area contributed by atoms with Gasteiger partial charge in [-0.15, -0.1) is 0 Å². The van der Waals surface area contributed by atoms with Crippen molar-refractivity contribution in [2.45, 2.75) is 26.7 Å². The Morgan fingerprint density at radius 2 is 1.84 bits per heavy atom. The number of carbonyl (C=O) groups excluding carboxylic acids is 2. The van der Waals surface area contributed by atoms with Gasteiger partial charge in [-0.2, -0.15) is 0 Å². The van der Waals surface area contributed by atoms with Crippen LogP contribution in [-0.2, 0) is 14.3 Å². The molecule has 0 aromatic carbocycles. The summed E-state index contributed by atoms with van der Waals surface area (Å²) in [5.41, 5.74) is 0. The first-order valence-electron chi connectivity index (χ1n) is 6.95. The number of methoxy groups -OCH3 is 1. The molecule has 0 radical (unpaired) electrons. The molecule has 0 N–H and O–H groups in total. The number of esters is 1. The molecule has 1 rings (SSSR count). The number of hydrogen-bond donors (Lipinski definition) is 0. The Kier molecular flexibility index (Phi) is 6.28. The van der Waals surface area contributed by atoms with Gasteiger partial charge in [0, 0.05) is 19.6 Å². The first kappa shape index (κ1) is 16.0. The van der Waals surface area contributed by atoms with Crippen LogP contribution < -0.4 is 0 Å². The summed E-state index contributed by atoms with van der Waals surface area (Å²) in [5, 5.41) is 0. The summed E-state index contributed by atoms with van der Waals surface area (Å²) in [4.78, 5) is 27.1. The van der Waals surface area contributed by atoms with Gasteiger partial charge in [-0.25, -0.2) is 0 Å². The van der Waals surface area contributed by atoms with Crippen LogP contribution in [0, 0.1) is 11.8 Å². The summed E-state index contributed by atoms with van der Waals surface area (Å²) in [6, 6.07) is 0. The minimum Gasteiger partial charge on any atom is -0.469 e. The zero-order valence-electron chi connectivity index (χ0n) is 12.5. The highest BCUT2D eigenvalue weighted by molar-refractivity contribution is 5.78. The lowest BCUT2D eigenvalue weighted by Crippen LogP contribution is -2.46. The topological polar surface area (TPSA) is 49.9 Å². The molecular weight excluding hydrogens is 244 g/mol. The Bertz CT molecular complexity index is 310. The second-order valence-electron chi connectivity index (χ2n) is 5.81. The zero-order valence-corrected chi connectivity index (χ0v) is 12.5. The van der Waals surface area contributed by atoms with Crippen LogP contribution in [-0.4, -0.2) is 62.0 Å². The molecule has 0 aliphatic carbocycles. The third-order valence-electron chi connectivity index (χ3n) is 3.55. The lowest BCUT2D eigenvalue weighted by Gasteiger charge is -2.35. The summed E-state index contributed by atoms with van der Waals surface area (Å²) in [7, 11) is 3.24. The van der Waals surface area contributed by atoms with E-state index >= 15 is 0 Å². The quantitative estimate of drug-likeness (QED) is 0.699. The smallest absolute Gasteiger partial charge is 0.306 e. The number of likely N-dealkylation sites (tertiary alicyclic amines) is 1. The highest BCUT2D eigenvalue weighted by Crippen LogP contribution is 2.20. The normalized spacial score (nSPS) is 23.5. The molecule has 1 amide bonds. The molecule has 2 atom stereocenters. The van der Waals surface area contributed by atoms with Gasteiger partial charge in [0.15, 0.2) is 0 Å². The monoisotopic (exact) mass is 270 g/mol. The first-order chi connectivity index (χ1) is 8.92. The van der Waals surface area contributed by atoms with Crippen molar-refractivity contribution < 1.29 is 14.3 Å². The minimum atomic E-state index is -0.237. The van der Waals surface area contributed by atoms with Gasteiger partial charge in [-0.3, -0.25) is 14.5 Å². The summed E-state index contributed by atoms with van der Waals surface area (Å²) in [6.07, 6.45) is 1.52. The Labute approximate surface area is 115 Å². The molecule has 1 saturated heterocycles. The van der Waals surface area contributed by atoms with Crippen LogP contribution in [0.15, 0.2) is 0 Å². The van der Waals surface area contributed by atoms with Crippen molar-refractivity contribution in [3.8, 4) is 0 Å². The molecule has 0 aromatic heterocycles. The predicted octanol–water partition coefficient (Wildman–Crippen LogP) is 0.986. The highest BCUT2D eigenvalue weighted by atomic mass is 16.5. The van der Waals surface area contributed by atoms with E-state index in [0.717, 1.165) is 13.1 Å². The molecule has 110 valence electrons. The van der Waals surface area contributed by atoms with Gasteiger partial charge >= 0.3 is 5.97 Å². The molecule has 5 nitrogen and oxygen atoms in total. The molecule has 19 heavy (non-hydrogen) atoms. The molecule has 1 fully saturated rings. The number of amides is 1. The van der Waals surface area contributed by atoms with Crippen molar-refractivity contribution in [3.05, 3.63) is 0 Å². The Hall–Kier alpha value is -1.10. The average Bonchev–Trinajstić information content (AvgIpc) is 2.34. The van der Waals surface area contributed by atoms with Crippen molar-refractivity contribution in [2.24, 2.45) is 11.8 Å². The largest absolute Gasteiger partial charge is 0.469 e. The summed E-state index contributed by atoms with van der Waals surface area (Å²) < 4.78 is 4.59. The van der Waals surface area contributed by atoms with Gasteiger partial charge in [0.2, 0.25) is 5.91 Å². The van der Waals surface area contributed by atoms with Crippen LogP contribution in [0.25, 0.3) is 0 Å². The summed E-state index contributed by atoms with van der Waals surface area (Å²) in [5.74, 6) is 1.08. The fraction of sp³-hybridized carbons (Fsp3) is 0.857. The van der Waals surface area contributed by atoms with Crippen molar-refractivity contribution in [1.82, 2.24) is 9.80 Å². The molecular formula is C14H26N2O3. The van der Waals surface area contributed by atoms with Crippen LogP contribution in [0.5, 0.6) is 0 Å². The first-order valence-corrected chi connectivity index (χ1v) is 6.95. The molecule has 1 heterocycles. The van der Waals surface area contributed by atoms with Crippen LogP contribution in [0.4, 0.5) is 0 Å². The molecule has 0 spiro atoms. The van der Waals surface area contributed by atoms with Crippen molar-refractivity contribution in [2.75, 3.05) is 40.3 Å². The molecule has 1 aliphatic heterocycles. The van der Waals surface area contributed by atoms with Gasteiger partial charge in [0.25, 0.3) is 0 Å². The van der Waals surface area contributed by atoms with Crippen LogP contribution in [0.3, 0.4) is 0 Å². The van der Waals surface area contributed by atoms with E-state index in [0.29, 0.717) is 31.3 Å². The van der Waals surface area contributed by atoms with Crippen LogP contribution >= 0.6 is 0 Å². The van der Waals surface area contributed by atoms with Gasteiger partial charge in [0.1, 0.15) is 0 Å². The van der Waals surface area contributed by atoms with Crippen molar-refractivity contribution >= 4 is 11.9 Å². The molecule has 0 saturated carbocycles. The van der Waals surface area contributed by atoms with E-state index in [2.05, 4.69) is 18.6 Å². The van der Waals surface area contributed by atoms with Gasteiger partial charge < -0.3 is 9.64 Å². The lowest BCUT2D eigenvalue weighted by atomic mass is 9.92. The van der Waals surface area contributed by atoms with E-state index in [-0.39, 0.29) is 11.9 Å². The maximum atomic E-state index is 12.2. The molecule has 0 bridgehead atoms. The second-order valence-corrected chi connectivity index (χ2v) is 5.81. The average molecular weight is 270 g/mol. The second kappa shape index (κ2) is 7.48. The van der Waals surface area contributed by atoms with E-state index < -0.39 is 0 Å². The van der Waals surface area contributed by atoms with Crippen molar-refractivity contribution in [3.63, 3.8) is 0 Å². The number of ether oxygens (including phenoxy) is 1. The Balaban J connectivity index is 2.35. The number of carbonyl (C=O) groups is 2. The van der Waals surface area contributed by atoms with Gasteiger partial charge in [0.05, 0.1) is 20.1 Å². The number of rotatable bonds is 5. The van der Waals surface area contributed by atoms with E-state index in [1.54, 1.807) is 0 Å². The van der Waals surface area contributed by atoms with E-state index in [4.69, 9.17) is 0 Å². The van der Waals surface area contributed by atoms with Gasteiger partial charge in [-0.1, -0.05) is 13.8 Å². The maximum Gasteiger partial charge on any atom is 0.306 e. The Morgan fingerprint density at radius 3 is 2.37 bits per heavy atom. The molecule has 0 aromatic rings. The molecule has 5 heteroatoms. The Morgan fingerprint density at radius 1 is 1.26 bits per heavy atom. The predicted molar refractivity (Wildman–Crippen MR) is 73.7 cm³/mol. The highest BCUT2D eigenvalue weighted by Gasteiger charge is 2.25. The van der Waals surface area contributed by atoms with Gasteiger partial charge in [-0.05, 0) is 25.3 Å². The van der Waals surface area contributed by atoms with E-state index in [1.165, 1.54) is 13.5 Å². The van der Waals surface area contributed by atoms with E-state index in [1.807, 2.05) is 16.8 Å². The molecule has 2 unspecified atom stereocenters. The number of piperidine rings is 1.